The zero-order chi connectivity index (χ0) is 21.8. The van der Waals surface area contributed by atoms with E-state index < -0.39 is 0 Å². The summed E-state index contributed by atoms with van der Waals surface area (Å²) < 4.78 is 12.4. The van der Waals surface area contributed by atoms with E-state index in [0.717, 1.165) is 10.9 Å². The Morgan fingerprint density at radius 3 is 2.84 bits per heavy atom. The summed E-state index contributed by atoms with van der Waals surface area (Å²) in [5, 5.41) is 8.21. The highest BCUT2D eigenvalue weighted by molar-refractivity contribution is 6.04. The predicted octanol–water partition coefficient (Wildman–Crippen LogP) is 1.53. The fraction of sp³-hybridized carbons (Fsp3) is 0.429. The molecule has 0 radical (unpaired) electrons. The van der Waals surface area contributed by atoms with E-state index in [4.69, 9.17) is 9.47 Å². The highest BCUT2D eigenvalue weighted by atomic mass is 16.5. The topological polar surface area (TPSA) is 97.6 Å². The van der Waals surface area contributed by atoms with Crippen molar-refractivity contribution >= 4 is 34.3 Å². The molecule has 0 aliphatic carbocycles. The van der Waals surface area contributed by atoms with Crippen LogP contribution in [0.1, 0.15) is 10.5 Å². The molecule has 0 bridgehead atoms. The molecular weight excluding hydrogens is 398 g/mol. The third-order valence-corrected chi connectivity index (χ3v) is 5.26. The van der Waals surface area contributed by atoms with Crippen LogP contribution in [0.4, 0.5) is 17.5 Å². The summed E-state index contributed by atoms with van der Waals surface area (Å²) in [7, 11) is 5.45. The number of anilines is 3. The van der Waals surface area contributed by atoms with Gasteiger partial charge in [-0.25, -0.2) is 4.98 Å². The van der Waals surface area contributed by atoms with Gasteiger partial charge in [-0.15, -0.1) is 0 Å². The van der Waals surface area contributed by atoms with Gasteiger partial charge in [-0.1, -0.05) is 0 Å². The van der Waals surface area contributed by atoms with Gasteiger partial charge in [0.05, 0.1) is 31.5 Å². The highest BCUT2D eigenvalue weighted by Gasteiger charge is 2.20. The van der Waals surface area contributed by atoms with Crippen molar-refractivity contribution in [2.24, 2.45) is 7.05 Å². The minimum Gasteiger partial charge on any atom is -0.383 e. The number of likely N-dealkylation sites (N-methyl/N-ethyl adjacent to an activating group) is 1. The monoisotopic (exact) mass is 425 g/mol. The van der Waals surface area contributed by atoms with Crippen molar-refractivity contribution in [1.82, 2.24) is 19.7 Å². The van der Waals surface area contributed by atoms with Crippen LogP contribution in [0.3, 0.4) is 0 Å². The van der Waals surface area contributed by atoms with Crippen LogP contribution in [0.2, 0.25) is 0 Å². The Bertz CT molecular complexity index is 1060. The molecule has 0 atom stereocenters. The summed E-state index contributed by atoms with van der Waals surface area (Å²) >= 11 is 0. The number of benzene rings is 1. The molecule has 2 aromatic heterocycles. The fourth-order valence-corrected chi connectivity index (χ4v) is 3.40. The van der Waals surface area contributed by atoms with E-state index in [9.17, 15) is 4.79 Å². The average Bonchev–Trinajstić information content (AvgIpc) is 3.17. The second-order valence-corrected chi connectivity index (χ2v) is 7.42. The minimum atomic E-state index is -0.292. The van der Waals surface area contributed by atoms with Crippen molar-refractivity contribution in [3.05, 3.63) is 36.2 Å². The van der Waals surface area contributed by atoms with Crippen LogP contribution < -0.4 is 15.1 Å². The Kier molecular flexibility index (Phi) is 6.28. The van der Waals surface area contributed by atoms with Crippen molar-refractivity contribution in [3.8, 4) is 0 Å². The van der Waals surface area contributed by atoms with Gasteiger partial charge in [0.2, 0.25) is 5.95 Å². The van der Waals surface area contributed by atoms with E-state index in [-0.39, 0.29) is 5.91 Å². The van der Waals surface area contributed by atoms with Crippen LogP contribution in [0, 0.1) is 0 Å². The number of nitrogens with zero attached hydrogens (tertiary/aromatic N) is 6. The normalized spacial score (nSPS) is 14.1. The molecular formula is C21H27N7O3. The number of morpholine rings is 1. The van der Waals surface area contributed by atoms with Crippen LogP contribution in [-0.4, -0.2) is 79.3 Å². The van der Waals surface area contributed by atoms with Gasteiger partial charge >= 0.3 is 0 Å². The Hall–Kier alpha value is -3.24. The second kappa shape index (κ2) is 9.27. The van der Waals surface area contributed by atoms with Gasteiger partial charge < -0.3 is 24.6 Å². The number of aryl methyl sites for hydroxylation is 1. The number of fused-ring (bicyclic) bond motifs is 1. The van der Waals surface area contributed by atoms with E-state index in [1.807, 2.05) is 42.1 Å². The van der Waals surface area contributed by atoms with Gasteiger partial charge in [-0.3, -0.25) is 9.48 Å². The minimum absolute atomic E-state index is 0.292. The number of methoxy groups -OCH3 is 1. The molecule has 1 N–H and O–H groups in total. The standard InChI is InChI=1S/C21H27N7O3/c1-26(6-9-30-3)19-13-17(24-21(25-19)28-7-10-31-11-8-28)20(29)23-16-5-4-15-14-22-27(2)18(15)12-16/h4-5,12-14H,6-11H2,1-3H3,(H,23,29). The van der Waals surface area contributed by atoms with E-state index in [1.54, 1.807) is 24.1 Å². The van der Waals surface area contributed by atoms with Crippen LogP contribution in [0.15, 0.2) is 30.5 Å². The molecule has 1 amide bonds. The molecule has 4 rings (SSSR count). The molecule has 3 heterocycles. The van der Waals surface area contributed by atoms with Crippen molar-refractivity contribution < 1.29 is 14.3 Å². The van der Waals surface area contributed by atoms with Gasteiger partial charge in [0.1, 0.15) is 11.5 Å². The molecule has 164 valence electrons. The molecule has 10 heteroatoms. The van der Waals surface area contributed by atoms with Crippen molar-refractivity contribution in [1.29, 1.82) is 0 Å². The van der Waals surface area contributed by atoms with Crippen LogP contribution in [-0.2, 0) is 16.5 Å². The van der Waals surface area contributed by atoms with E-state index >= 15 is 0 Å². The second-order valence-electron chi connectivity index (χ2n) is 7.42. The third-order valence-electron chi connectivity index (χ3n) is 5.26. The largest absolute Gasteiger partial charge is 0.383 e. The van der Waals surface area contributed by atoms with Crippen molar-refractivity contribution in [2.75, 3.05) is 68.7 Å². The molecule has 1 aliphatic rings. The number of nitrogens with one attached hydrogen (secondary N) is 1. The lowest BCUT2D eigenvalue weighted by atomic mass is 10.2. The van der Waals surface area contributed by atoms with Gasteiger partial charge in [-0.2, -0.15) is 10.1 Å². The van der Waals surface area contributed by atoms with Crippen molar-refractivity contribution in [2.45, 2.75) is 0 Å². The third kappa shape index (κ3) is 4.75. The number of amides is 1. The summed E-state index contributed by atoms with van der Waals surface area (Å²) in [5.74, 6) is 0.901. The van der Waals surface area contributed by atoms with Gasteiger partial charge in [0.25, 0.3) is 5.91 Å². The smallest absolute Gasteiger partial charge is 0.274 e. The summed E-state index contributed by atoms with van der Waals surface area (Å²) in [6.45, 7) is 3.79. The molecule has 0 saturated carbocycles. The maximum absolute atomic E-state index is 13.1. The zero-order valence-electron chi connectivity index (χ0n) is 18.0. The van der Waals surface area contributed by atoms with Crippen LogP contribution in [0.5, 0.6) is 0 Å². The first kappa shape index (κ1) is 21.0. The van der Waals surface area contributed by atoms with Gasteiger partial charge in [0, 0.05) is 58.0 Å². The first-order valence-electron chi connectivity index (χ1n) is 10.2. The highest BCUT2D eigenvalue weighted by Crippen LogP contribution is 2.21. The Morgan fingerprint density at radius 2 is 2.06 bits per heavy atom. The summed E-state index contributed by atoms with van der Waals surface area (Å²) in [4.78, 5) is 26.3. The Labute approximate surface area is 180 Å². The Morgan fingerprint density at radius 1 is 1.26 bits per heavy atom. The number of carbonyl (C=O) groups excluding carboxylic acids is 1. The first-order chi connectivity index (χ1) is 15.0. The molecule has 0 spiro atoms. The maximum atomic E-state index is 13.1. The first-order valence-corrected chi connectivity index (χ1v) is 10.2. The molecule has 3 aromatic rings. The number of rotatable bonds is 7. The maximum Gasteiger partial charge on any atom is 0.274 e. The molecule has 0 unspecified atom stereocenters. The molecule has 1 aromatic carbocycles. The van der Waals surface area contributed by atoms with Gasteiger partial charge in [0.15, 0.2) is 0 Å². The van der Waals surface area contributed by atoms with E-state index in [0.29, 0.717) is 62.6 Å². The van der Waals surface area contributed by atoms with Crippen molar-refractivity contribution in [3.63, 3.8) is 0 Å². The zero-order valence-corrected chi connectivity index (χ0v) is 18.0. The summed E-state index contributed by atoms with van der Waals surface area (Å²) in [5.41, 5.74) is 1.93. The summed E-state index contributed by atoms with van der Waals surface area (Å²) in [6, 6.07) is 7.39. The number of ether oxygens (including phenoxy) is 2. The molecule has 10 nitrogen and oxygen atoms in total. The quantitative estimate of drug-likeness (QED) is 0.609. The number of hydrogen-bond acceptors (Lipinski definition) is 8. The molecule has 31 heavy (non-hydrogen) atoms. The summed E-state index contributed by atoms with van der Waals surface area (Å²) in [6.07, 6.45) is 1.79. The predicted molar refractivity (Wildman–Crippen MR) is 119 cm³/mol. The fourth-order valence-electron chi connectivity index (χ4n) is 3.40. The average molecular weight is 425 g/mol. The van der Waals surface area contributed by atoms with Gasteiger partial charge in [-0.05, 0) is 18.2 Å². The van der Waals surface area contributed by atoms with Crippen LogP contribution in [0.25, 0.3) is 10.9 Å². The molecule has 1 saturated heterocycles. The van der Waals surface area contributed by atoms with E-state index in [2.05, 4.69) is 20.4 Å². The number of hydrogen-bond donors (Lipinski definition) is 1. The lowest BCUT2D eigenvalue weighted by Crippen LogP contribution is -2.38. The molecule has 1 fully saturated rings. The lowest BCUT2D eigenvalue weighted by Gasteiger charge is -2.28. The SMILES string of the molecule is COCCN(C)c1cc(C(=O)Nc2ccc3cnn(C)c3c2)nc(N2CCOCC2)n1. The Balaban J connectivity index is 1.62. The number of aromatic nitrogens is 4. The van der Waals surface area contributed by atoms with Crippen LogP contribution >= 0.6 is 0 Å². The molecule has 1 aliphatic heterocycles. The van der Waals surface area contributed by atoms with E-state index in [1.165, 1.54) is 0 Å². The number of carbonyl (C=O) groups is 1. The lowest BCUT2D eigenvalue weighted by molar-refractivity contribution is 0.102.